The van der Waals surface area contributed by atoms with Crippen LogP contribution in [0.5, 0.6) is 0 Å². The summed E-state index contributed by atoms with van der Waals surface area (Å²) in [5.74, 6) is 0.788. The van der Waals surface area contributed by atoms with E-state index in [-0.39, 0.29) is 11.7 Å². The quantitative estimate of drug-likeness (QED) is 0.439. The average Bonchev–Trinajstić information content (AvgIpc) is 3.50. The van der Waals surface area contributed by atoms with Crippen molar-refractivity contribution in [2.45, 2.75) is 12.1 Å². The fraction of sp³-hybridized carbons (Fsp3) is 0.300. The minimum atomic E-state index is 0.0588. The van der Waals surface area contributed by atoms with E-state index >= 15 is 0 Å². The molecule has 3 aromatic heterocycles. The van der Waals surface area contributed by atoms with Crippen molar-refractivity contribution in [1.29, 1.82) is 0 Å². The highest BCUT2D eigenvalue weighted by Crippen LogP contribution is 2.36. The number of aryl methyl sites for hydroxylation is 1. The summed E-state index contributed by atoms with van der Waals surface area (Å²) in [7, 11) is 0. The molecule has 1 amide bonds. The first kappa shape index (κ1) is 19.3. The number of morpholine rings is 1. The molecule has 0 spiro atoms. The number of benzene rings is 1. The minimum absolute atomic E-state index is 0.0588. The highest BCUT2D eigenvalue weighted by molar-refractivity contribution is 7.99. The second-order valence-corrected chi connectivity index (χ2v) is 8.77. The summed E-state index contributed by atoms with van der Waals surface area (Å²) >= 11 is 2.82. The molecule has 0 bridgehead atoms. The van der Waals surface area contributed by atoms with Crippen molar-refractivity contribution in [3.8, 4) is 16.5 Å². The van der Waals surface area contributed by atoms with Crippen LogP contribution in [-0.4, -0.2) is 62.8 Å². The Hall–Kier alpha value is -2.69. The van der Waals surface area contributed by atoms with Crippen LogP contribution >= 0.6 is 23.1 Å². The second kappa shape index (κ2) is 8.21. The van der Waals surface area contributed by atoms with E-state index in [1.165, 1.54) is 11.8 Å². The molecule has 0 N–H and O–H groups in total. The smallest absolute Gasteiger partial charge is 0.277 e. The van der Waals surface area contributed by atoms with E-state index in [9.17, 15) is 4.79 Å². The highest BCUT2D eigenvalue weighted by atomic mass is 32.2. The molecular weight excluding hydrogens is 422 g/mol. The van der Waals surface area contributed by atoms with Crippen molar-refractivity contribution in [2.75, 3.05) is 32.1 Å². The molecule has 1 aromatic carbocycles. The van der Waals surface area contributed by atoms with Gasteiger partial charge in [-0.15, -0.1) is 21.5 Å². The Kier molecular flexibility index (Phi) is 5.28. The number of aromatic nitrogens is 4. The Morgan fingerprint density at radius 1 is 1.20 bits per heavy atom. The van der Waals surface area contributed by atoms with E-state index < -0.39 is 0 Å². The van der Waals surface area contributed by atoms with Crippen LogP contribution in [0.3, 0.4) is 0 Å². The Balaban J connectivity index is 1.34. The number of fused-ring (bicyclic) bond motifs is 1. The molecule has 0 aliphatic carbocycles. The van der Waals surface area contributed by atoms with Crippen LogP contribution in [0.2, 0.25) is 0 Å². The molecule has 1 aliphatic rings. The zero-order chi connectivity index (χ0) is 20.5. The lowest BCUT2D eigenvalue weighted by atomic mass is 10.3. The van der Waals surface area contributed by atoms with Gasteiger partial charge < -0.3 is 14.1 Å². The van der Waals surface area contributed by atoms with Gasteiger partial charge in [0.25, 0.3) is 11.1 Å². The zero-order valence-corrected chi connectivity index (χ0v) is 17.9. The molecule has 4 aromatic rings. The van der Waals surface area contributed by atoms with E-state index in [2.05, 4.69) is 15.3 Å². The maximum atomic E-state index is 12.3. The van der Waals surface area contributed by atoms with Crippen molar-refractivity contribution in [1.82, 2.24) is 24.9 Å². The molecule has 30 heavy (non-hydrogen) atoms. The van der Waals surface area contributed by atoms with Gasteiger partial charge in [0.05, 0.1) is 35.2 Å². The summed E-state index contributed by atoms with van der Waals surface area (Å²) in [6.45, 7) is 4.44. The van der Waals surface area contributed by atoms with E-state index in [0.29, 0.717) is 37.4 Å². The number of amides is 1. The number of thiophene rings is 1. The topological polar surface area (TPSA) is 86.3 Å². The van der Waals surface area contributed by atoms with Crippen LogP contribution in [0.1, 0.15) is 5.69 Å². The molecule has 154 valence electrons. The van der Waals surface area contributed by atoms with Gasteiger partial charge in [0, 0.05) is 18.5 Å². The van der Waals surface area contributed by atoms with Crippen LogP contribution in [0.25, 0.3) is 26.7 Å². The molecule has 5 rings (SSSR count). The van der Waals surface area contributed by atoms with Crippen LogP contribution in [0.4, 0.5) is 0 Å². The SMILES string of the molecule is Cc1nn(-c2ccccc2)c2sc(-c3nnc(SCC(=O)N4CCOCC4)o3)cc12. The number of carbonyl (C=O) groups excluding carboxylic acids is 1. The third kappa shape index (κ3) is 3.73. The number of carbonyl (C=O) groups is 1. The van der Waals surface area contributed by atoms with Crippen molar-refractivity contribution in [2.24, 2.45) is 0 Å². The van der Waals surface area contributed by atoms with Crippen LogP contribution in [0, 0.1) is 6.92 Å². The number of para-hydroxylation sites is 1. The van der Waals surface area contributed by atoms with Crippen molar-refractivity contribution in [3.63, 3.8) is 0 Å². The van der Waals surface area contributed by atoms with Crippen LogP contribution in [0.15, 0.2) is 46.0 Å². The molecule has 0 radical (unpaired) electrons. The molecule has 0 unspecified atom stereocenters. The summed E-state index contributed by atoms with van der Waals surface area (Å²) in [5, 5.41) is 14.4. The van der Waals surface area contributed by atoms with Gasteiger partial charge in [-0.2, -0.15) is 5.10 Å². The lowest BCUT2D eigenvalue weighted by molar-refractivity contribution is -0.132. The molecule has 4 heterocycles. The first-order chi connectivity index (χ1) is 14.7. The summed E-state index contributed by atoms with van der Waals surface area (Å²) in [4.78, 5) is 16.0. The van der Waals surface area contributed by atoms with Crippen molar-refractivity contribution < 1.29 is 13.9 Å². The predicted molar refractivity (Wildman–Crippen MR) is 115 cm³/mol. The number of hydrogen-bond donors (Lipinski definition) is 0. The number of ether oxygens (including phenoxy) is 1. The Morgan fingerprint density at radius 3 is 2.80 bits per heavy atom. The molecular formula is C20H19N5O3S2. The summed E-state index contributed by atoms with van der Waals surface area (Å²) < 4.78 is 13.0. The fourth-order valence-corrected chi connectivity index (χ4v) is 5.06. The van der Waals surface area contributed by atoms with E-state index in [1.54, 1.807) is 16.2 Å². The lowest BCUT2D eigenvalue weighted by Crippen LogP contribution is -2.41. The molecule has 10 heteroatoms. The van der Waals surface area contributed by atoms with Crippen molar-refractivity contribution in [3.05, 3.63) is 42.1 Å². The molecule has 1 aliphatic heterocycles. The van der Waals surface area contributed by atoms with E-state index in [0.717, 1.165) is 26.5 Å². The number of rotatable bonds is 5. The first-order valence-electron chi connectivity index (χ1n) is 9.56. The number of nitrogens with zero attached hydrogens (tertiary/aromatic N) is 5. The van der Waals surface area contributed by atoms with Gasteiger partial charge in [0.15, 0.2) is 0 Å². The third-order valence-electron chi connectivity index (χ3n) is 4.85. The standard InChI is InChI=1S/C20H19N5O3S2/c1-13-15-11-16(30-19(15)25(23-13)14-5-3-2-4-6-14)18-21-22-20(28-18)29-12-17(26)24-7-9-27-10-8-24/h2-6,11H,7-10,12H2,1H3. The number of thioether (sulfide) groups is 1. The fourth-order valence-electron chi connectivity index (χ4n) is 3.29. The van der Waals surface area contributed by atoms with Gasteiger partial charge >= 0.3 is 0 Å². The van der Waals surface area contributed by atoms with Gasteiger partial charge in [-0.25, -0.2) is 4.68 Å². The van der Waals surface area contributed by atoms with E-state index in [4.69, 9.17) is 9.15 Å². The summed E-state index contributed by atoms with van der Waals surface area (Å²) in [6, 6.07) is 12.1. The maximum absolute atomic E-state index is 12.3. The van der Waals surface area contributed by atoms with Crippen LogP contribution in [-0.2, 0) is 9.53 Å². The predicted octanol–water partition coefficient (Wildman–Crippen LogP) is 3.40. The van der Waals surface area contributed by atoms with Gasteiger partial charge in [0.1, 0.15) is 4.83 Å². The van der Waals surface area contributed by atoms with Gasteiger partial charge in [-0.05, 0) is 25.1 Å². The molecule has 0 saturated carbocycles. The zero-order valence-electron chi connectivity index (χ0n) is 16.3. The monoisotopic (exact) mass is 441 g/mol. The van der Waals surface area contributed by atoms with E-state index in [1.807, 2.05) is 48.0 Å². The Bertz CT molecular complexity index is 1180. The van der Waals surface area contributed by atoms with Crippen LogP contribution < -0.4 is 0 Å². The lowest BCUT2D eigenvalue weighted by Gasteiger charge is -2.26. The second-order valence-electron chi connectivity index (χ2n) is 6.82. The molecule has 1 saturated heterocycles. The largest absolute Gasteiger partial charge is 0.410 e. The Morgan fingerprint density at radius 2 is 2.00 bits per heavy atom. The average molecular weight is 442 g/mol. The van der Waals surface area contributed by atoms with Gasteiger partial charge in [0.2, 0.25) is 5.91 Å². The number of hydrogen-bond acceptors (Lipinski definition) is 8. The summed E-state index contributed by atoms with van der Waals surface area (Å²) in [5.41, 5.74) is 1.95. The highest BCUT2D eigenvalue weighted by Gasteiger charge is 2.20. The Labute approximate surface area is 180 Å². The minimum Gasteiger partial charge on any atom is -0.410 e. The van der Waals surface area contributed by atoms with Gasteiger partial charge in [-0.3, -0.25) is 4.79 Å². The maximum Gasteiger partial charge on any atom is 0.277 e. The summed E-state index contributed by atoms with van der Waals surface area (Å²) in [6.07, 6.45) is 0. The third-order valence-corrected chi connectivity index (χ3v) is 6.75. The molecule has 8 nitrogen and oxygen atoms in total. The normalized spacial score (nSPS) is 14.5. The molecule has 1 fully saturated rings. The molecule has 0 atom stereocenters. The van der Waals surface area contributed by atoms with Gasteiger partial charge in [-0.1, -0.05) is 30.0 Å². The first-order valence-corrected chi connectivity index (χ1v) is 11.4. The van der Waals surface area contributed by atoms with Crippen molar-refractivity contribution >= 4 is 39.2 Å².